The Balaban J connectivity index is 1.90. The first kappa shape index (κ1) is 19.0. The summed E-state index contributed by atoms with van der Waals surface area (Å²) in [4.78, 5) is 14.7. The first-order valence-corrected chi connectivity index (χ1v) is 10.4. The fraction of sp³-hybridized carbons (Fsp3) is 0.278. The minimum atomic E-state index is -3.86. The van der Waals surface area contributed by atoms with Crippen molar-refractivity contribution in [2.24, 2.45) is 0 Å². The molecular weight excluding hydrogens is 420 g/mol. The van der Waals surface area contributed by atoms with Crippen molar-refractivity contribution in [2.45, 2.75) is 10.9 Å². The van der Waals surface area contributed by atoms with Gasteiger partial charge in [-0.15, -0.1) is 0 Å². The smallest absolute Gasteiger partial charge is 0.245 e. The van der Waals surface area contributed by atoms with Gasteiger partial charge in [-0.05, 0) is 29.8 Å². The minimum Gasteiger partial charge on any atom is -0.378 e. The number of carbonyl (C=O) groups is 1. The molecule has 1 amide bonds. The number of hydrogen-bond donors (Lipinski definition) is 1. The number of benzene rings is 2. The van der Waals surface area contributed by atoms with Crippen LogP contribution in [0.3, 0.4) is 0 Å². The molecule has 6 nitrogen and oxygen atoms in total. The fourth-order valence-corrected chi connectivity index (χ4v) is 4.15. The first-order valence-electron chi connectivity index (χ1n) is 8.17. The maximum atomic E-state index is 13.0. The van der Waals surface area contributed by atoms with Crippen LogP contribution in [0.15, 0.2) is 64.0 Å². The highest BCUT2D eigenvalue weighted by atomic mass is 79.9. The summed E-state index contributed by atoms with van der Waals surface area (Å²) >= 11 is 3.29. The van der Waals surface area contributed by atoms with Crippen molar-refractivity contribution in [3.8, 4) is 0 Å². The van der Waals surface area contributed by atoms with Gasteiger partial charge in [0, 0.05) is 17.6 Å². The molecule has 138 valence electrons. The van der Waals surface area contributed by atoms with E-state index in [1.165, 1.54) is 12.1 Å². The molecule has 1 saturated heterocycles. The predicted octanol–water partition coefficient (Wildman–Crippen LogP) is 2.33. The standard InChI is InChI=1S/C18H19BrN2O4S/c19-15-6-8-16(9-7-15)26(23,24)20-17(14-4-2-1-3-5-14)18(22)21-10-12-25-13-11-21/h1-9,17,20H,10-13H2. The quantitative estimate of drug-likeness (QED) is 0.776. The molecule has 0 aliphatic carbocycles. The highest BCUT2D eigenvalue weighted by Gasteiger charge is 2.31. The summed E-state index contributed by atoms with van der Waals surface area (Å²) in [6, 6.07) is 14.2. The third-order valence-electron chi connectivity index (χ3n) is 4.10. The van der Waals surface area contributed by atoms with Crippen LogP contribution < -0.4 is 4.72 Å². The molecular formula is C18H19BrN2O4S. The van der Waals surface area contributed by atoms with E-state index < -0.39 is 16.1 Å². The van der Waals surface area contributed by atoms with Crippen LogP contribution in [0.1, 0.15) is 11.6 Å². The van der Waals surface area contributed by atoms with Gasteiger partial charge in [-0.3, -0.25) is 4.79 Å². The van der Waals surface area contributed by atoms with Crippen LogP contribution in [-0.4, -0.2) is 45.5 Å². The third kappa shape index (κ3) is 4.50. The lowest BCUT2D eigenvalue weighted by atomic mass is 10.1. The van der Waals surface area contributed by atoms with E-state index >= 15 is 0 Å². The van der Waals surface area contributed by atoms with Crippen LogP contribution in [0.25, 0.3) is 0 Å². The van der Waals surface area contributed by atoms with Gasteiger partial charge < -0.3 is 9.64 Å². The molecule has 0 spiro atoms. The van der Waals surface area contributed by atoms with Crippen molar-refractivity contribution in [3.05, 3.63) is 64.6 Å². The van der Waals surface area contributed by atoms with Gasteiger partial charge in [-0.1, -0.05) is 46.3 Å². The average molecular weight is 439 g/mol. The van der Waals surface area contributed by atoms with Crippen molar-refractivity contribution < 1.29 is 17.9 Å². The van der Waals surface area contributed by atoms with Crippen molar-refractivity contribution in [2.75, 3.05) is 26.3 Å². The Morgan fingerprint density at radius 3 is 2.27 bits per heavy atom. The van der Waals surface area contributed by atoms with E-state index in [2.05, 4.69) is 20.7 Å². The molecule has 3 rings (SSSR count). The minimum absolute atomic E-state index is 0.108. The van der Waals surface area contributed by atoms with Gasteiger partial charge in [0.1, 0.15) is 6.04 Å². The number of morpholine rings is 1. The summed E-state index contributed by atoms with van der Waals surface area (Å²) in [5, 5.41) is 0. The zero-order chi connectivity index (χ0) is 18.6. The highest BCUT2D eigenvalue weighted by Crippen LogP contribution is 2.21. The van der Waals surface area contributed by atoms with Crippen LogP contribution in [0.2, 0.25) is 0 Å². The molecule has 1 aliphatic heterocycles. The van der Waals surface area contributed by atoms with Crippen LogP contribution in [0, 0.1) is 0 Å². The normalized spacial score (nSPS) is 16.3. The summed E-state index contributed by atoms with van der Waals surface area (Å²) in [6.07, 6.45) is 0. The summed E-state index contributed by atoms with van der Waals surface area (Å²) in [7, 11) is -3.86. The SMILES string of the molecule is O=C(C(NS(=O)(=O)c1ccc(Br)cc1)c1ccccc1)N1CCOCC1. The Hall–Kier alpha value is -1.74. The van der Waals surface area contributed by atoms with E-state index in [1.54, 1.807) is 41.3 Å². The maximum Gasteiger partial charge on any atom is 0.245 e. The molecule has 1 aliphatic rings. The number of rotatable bonds is 5. The lowest BCUT2D eigenvalue weighted by molar-refractivity contribution is -0.137. The van der Waals surface area contributed by atoms with Gasteiger partial charge in [0.2, 0.25) is 15.9 Å². The van der Waals surface area contributed by atoms with E-state index in [0.717, 1.165) is 4.47 Å². The number of sulfonamides is 1. The molecule has 1 heterocycles. The van der Waals surface area contributed by atoms with Gasteiger partial charge in [-0.2, -0.15) is 4.72 Å². The van der Waals surface area contributed by atoms with E-state index in [1.807, 2.05) is 6.07 Å². The number of nitrogens with one attached hydrogen (secondary N) is 1. The van der Waals surface area contributed by atoms with Gasteiger partial charge in [0.05, 0.1) is 18.1 Å². The van der Waals surface area contributed by atoms with E-state index in [9.17, 15) is 13.2 Å². The Morgan fingerprint density at radius 2 is 1.65 bits per heavy atom. The summed E-state index contributed by atoms with van der Waals surface area (Å²) in [5.41, 5.74) is 0.602. The molecule has 0 bridgehead atoms. The molecule has 1 fully saturated rings. The Bertz CT molecular complexity index is 851. The highest BCUT2D eigenvalue weighted by molar-refractivity contribution is 9.10. The van der Waals surface area contributed by atoms with Crippen molar-refractivity contribution in [1.29, 1.82) is 0 Å². The van der Waals surface area contributed by atoms with Crippen molar-refractivity contribution in [3.63, 3.8) is 0 Å². The molecule has 8 heteroatoms. The van der Waals surface area contributed by atoms with Gasteiger partial charge in [0.25, 0.3) is 0 Å². The molecule has 0 saturated carbocycles. The Kier molecular flexibility index (Phi) is 6.08. The number of hydrogen-bond acceptors (Lipinski definition) is 4. The van der Waals surface area contributed by atoms with Crippen molar-refractivity contribution in [1.82, 2.24) is 9.62 Å². The third-order valence-corrected chi connectivity index (χ3v) is 6.07. The number of halogens is 1. The molecule has 2 aromatic rings. The zero-order valence-corrected chi connectivity index (χ0v) is 16.4. The lowest BCUT2D eigenvalue weighted by Crippen LogP contribution is -2.47. The second-order valence-electron chi connectivity index (χ2n) is 5.86. The molecule has 2 aromatic carbocycles. The largest absolute Gasteiger partial charge is 0.378 e. The molecule has 0 aromatic heterocycles. The predicted molar refractivity (Wildman–Crippen MR) is 101 cm³/mol. The summed E-state index contributed by atoms with van der Waals surface area (Å²) in [5.74, 6) is -0.278. The van der Waals surface area contributed by atoms with E-state index in [4.69, 9.17) is 4.74 Å². The molecule has 1 unspecified atom stereocenters. The van der Waals surface area contributed by atoms with E-state index in [0.29, 0.717) is 31.9 Å². The average Bonchev–Trinajstić information content (AvgIpc) is 2.67. The first-order chi connectivity index (χ1) is 12.5. The fourth-order valence-electron chi connectivity index (χ4n) is 2.71. The summed E-state index contributed by atoms with van der Waals surface area (Å²) in [6.45, 7) is 1.80. The number of ether oxygens (including phenoxy) is 1. The molecule has 1 atom stereocenters. The van der Waals surface area contributed by atoms with E-state index in [-0.39, 0.29) is 10.8 Å². The van der Waals surface area contributed by atoms with Crippen molar-refractivity contribution >= 4 is 31.9 Å². The maximum absolute atomic E-state index is 13.0. The zero-order valence-electron chi connectivity index (χ0n) is 14.0. The number of carbonyl (C=O) groups excluding carboxylic acids is 1. The summed E-state index contributed by atoms with van der Waals surface area (Å²) < 4.78 is 34.2. The molecule has 1 N–H and O–H groups in total. The monoisotopic (exact) mass is 438 g/mol. The second-order valence-corrected chi connectivity index (χ2v) is 8.49. The Morgan fingerprint density at radius 1 is 1.04 bits per heavy atom. The van der Waals surface area contributed by atoms with Crippen LogP contribution in [0.4, 0.5) is 0 Å². The second kappa shape index (κ2) is 8.30. The Labute approximate surface area is 161 Å². The number of nitrogens with zero attached hydrogens (tertiary/aromatic N) is 1. The van der Waals surface area contributed by atoms with Crippen LogP contribution in [-0.2, 0) is 19.6 Å². The van der Waals surface area contributed by atoms with Gasteiger partial charge in [-0.25, -0.2) is 8.42 Å². The van der Waals surface area contributed by atoms with Gasteiger partial charge in [0.15, 0.2) is 0 Å². The van der Waals surface area contributed by atoms with Crippen LogP contribution >= 0.6 is 15.9 Å². The topological polar surface area (TPSA) is 75.7 Å². The lowest BCUT2D eigenvalue weighted by Gasteiger charge is -2.30. The molecule has 0 radical (unpaired) electrons. The number of amides is 1. The molecule has 26 heavy (non-hydrogen) atoms. The van der Waals surface area contributed by atoms with Gasteiger partial charge >= 0.3 is 0 Å². The van der Waals surface area contributed by atoms with Crippen LogP contribution in [0.5, 0.6) is 0 Å².